The van der Waals surface area contributed by atoms with Crippen LogP contribution >= 0.6 is 11.3 Å². The van der Waals surface area contributed by atoms with E-state index in [9.17, 15) is 9.90 Å². The number of carbonyl (C=O) groups is 1. The van der Waals surface area contributed by atoms with Crippen LogP contribution < -0.4 is 5.32 Å². The molecule has 0 spiro atoms. The maximum atomic E-state index is 13.0. The molecule has 0 saturated carbocycles. The third-order valence-electron chi connectivity index (χ3n) is 5.75. The molecule has 1 amide bonds. The van der Waals surface area contributed by atoms with Crippen LogP contribution in [0.2, 0.25) is 0 Å². The van der Waals surface area contributed by atoms with E-state index < -0.39 is 6.29 Å². The number of H-pyrrole nitrogens is 1. The van der Waals surface area contributed by atoms with Gasteiger partial charge in [-0.3, -0.25) is 4.79 Å². The zero-order valence-corrected chi connectivity index (χ0v) is 19.3. The van der Waals surface area contributed by atoms with E-state index in [0.29, 0.717) is 18.9 Å². The zero-order chi connectivity index (χ0) is 23.3. The molecule has 4 aromatic rings. The average molecular weight is 476 g/mol. The molecule has 34 heavy (non-hydrogen) atoms. The van der Waals surface area contributed by atoms with E-state index in [1.807, 2.05) is 60.0 Å². The first-order chi connectivity index (χ1) is 16.7. The summed E-state index contributed by atoms with van der Waals surface area (Å²) in [6.45, 7) is 0.618. The first kappa shape index (κ1) is 22.3. The normalized spacial score (nSPS) is 17.9. The van der Waals surface area contributed by atoms with Crippen LogP contribution in [0.25, 0.3) is 11.0 Å². The molecule has 174 valence electrons. The van der Waals surface area contributed by atoms with E-state index in [2.05, 4.69) is 26.7 Å². The molecule has 2 unspecified atom stereocenters. The van der Waals surface area contributed by atoms with Crippen LogP contribution in [0.3, 0.4) is 0 Å². The standard InChI is InChI=1S/C26H25N3O4S/c30-14-17-5-7-18(8-6-17)15-32-25-12-20(19-9-10-34-16-19)11-23(33-25)26(31)27-13-24-28-21-3-1-2-4-22(21)29-24/h1-11,16,20,25,30H,12-15H2,(H,27,31)(H,28,29). The van der Waals surface area contributed by atoms with Crippen LogP contribution in [0.1, 0.15) is 34.9 Å². The molecule has 2 aromatic heterocycles. The van der Waals surface area contributed by atoms with Gasteiger partial charge in [-0.25, -0.2) is 4.98 Å². The van der Waals surface area contributed by atoms with Crippen molar-refractivity contribution in [3.8, 4) is 0 Å². The number of benzene rings is 2. The van der Waals surface area contributed by atoms with Crippen molar-refractivity contribution in [2.75, 3.05) is 0 Å². The smallest absolute Gasteiger partial charge is 0.286 e. The molecule has 8 heteroatoms. The van der Waals surface area contributed by atoms with E-state index >= 15 is 0 Å². The molecule has 7 nitrogen and oxygen atoms in total. The summed E-state index contributed by atoms with van der Waals surface area (Å²) in [5.41, 5.74) is 4.74. The minimum Gasteiger partial charge on any atom is -0.459 e. The van der Waals surface area contributed by atoms with Crippen molar-refractivity contribution < 1.29 is 19.4 Å². The summed E-state index contributed by atoms with van der Waals surface area (Å²) in [5.74, 6) is 0.647. The number of ether oxygens (including phenoxy) is 2. The van der Waals surface area contributed by atoms with E-state index in [1.165, 1.54) is 0 Å². The number of aliphatic hydroxyl groups excluding tert-OH is 1. The molecule has 3 N–H and O–H groups in total. The summed E-state index contributed by atoms with van der Waals surface area (Å²) in [6.07, 6.45) is 1.93. The second kappa shape index (κ2) is 10.2. The van der Waals surface area contributed by atoms with Crippen molar-refractivity contribution in [1.82, 2.24) is 15.3 Å². The minimum atomic E-state index is -0.556. The minimum absolute atomic E-state index is 0.00644. The second-order valence-electron chi connectivity index (χ2n) is 8.15. The molecule has 0 saturated heterocycles. The molecule has 1 aliphatic heterocycles. The predicted octanol–water partition coefficient (Wildman–Crippen LogP) is 4.36. The Bertz CT molecular complexity index is 1250. The van der Waals surface area contributed by atoms with Crippen LogP contribution in [0, 0.1) is 0 Å². The molecular weight excluding hydrogens is 450 g/mol. The van der Waals surface area contributed by atoms with Crippen molar-refractivity contribution >= 4 is 28.3 Å². The number of nitrogens with one attached hydrogen (secondary N) is 2. The van der Waals surface area contributed by atoms with Gasteiger partial charge in [0.05, 0.1) is 30.8 Å². The van der Waals surface area contributed by atoms with Crippen LogP contribution in [-0.2, 0) is 34.0 Å². The number of aromatic nitrogens is 2. The van der Waals surface area contributed by atoms with E-state index in [4.69, 9.17) is 9.47 Å². The number of nitrogens with zero attached hydrogens (tertiary/aromatic N) is 1. The van der Waals surface area contributed by atoms with Gasteiger partial charge in [0.15, 0.2) is 5.76 Å². The monoisotopic (exact) mass is 475 g/mol. The van der Waals surface area contributed by atoms with Crippen molar-refractivity contribution in [3.05, 3.63) is 99.7 Å². The number of thiophene rings is 1. The third-order valence-corrected chi connectivity index (χ3v) is 6.45. The topological polar surface area (TPSA) is 96.5 Å². The summed E-state index contributed by atoms with van der Waals surface area (Å²) >= 11 is 1.62. The molecule has 2 atom stereocenters. The summed E-state index contributed by atoms with van der Waals surface area (Å²) in [4.78, 5) is 20.7. The fourth-order valence-corrected chi connectivity index (χ4v) is 4.63. The SMILES string of the molecule is O=C(NCc1nc2ccccc2[nH]1)C1=CC(c2ccsc2)CC(OCc2ccc(CO)cc2)O1. The van der Waals surface area contributed by atoms with Crippen LogP contribution in [-0.4, -0.2) is 27.3 Å². The number of imidazole rings is 1. The highest BCUT2D eigenvalue weighted by atomic mass is 32.1. The Hall–Kier alpha value is -3.46. The van der Waals surface area contributed by atoms with Crippen molar-refractivity contribution in [2.45, 2.75) is 38.4 Å². The lowest BCUT2D eigenvalue weighted by molar-refractivity contribution is -0.150. The highest BCUT2D eigenvalue weighted by molar-refractivity contribution is 7.08. The average Bonchev–Trinajstić information content (AvgIpc) is 3.56. The molecule has 0 bridgehead atoms. The maximum absolute atomic E-state index is 13.0. The molecule has 2 aromatic carbocycles. The molecule has 5 rings (SSSR count). The van der Waals surface area contributed by atoms with Gasteiger partial charge in [0.2, 0.25) is 6.29 Å². The van der Waals surface area contributed by atoms with Crippen LogP contribution in [0.4, 0.5) is 0 Å². The van der Waals surface area contributed by atoms with Gasteiger partial charge in [-0.05, 0) is 51.7 Å². The second-order valence-corrected chi connectivity index (χ2v) is 8.93. The van der Waals surface area contributed by atoms with Crippen molar-refractivity contribution in [3.63, 3.8) is 0 Å². The van der Waals surface area contributed by atoms with Gasteiger partial charge < -0.3 is 24.9 Å². The fraction of sp³-hybridized carbons (Fsp3) is 0.231. The fourth-order valence-electron chi connectivity index (χ4n) is 3.91. The number of allylic oxidation sites excluding steroid dienone is 1. The molecule has 0 radical (unpaired) electrons. The number of fused-ring (bicyclic) bond motifs is 1. The Morgan fingerprint density at radius 1 is 1.18 bits per heavy atom. The number of amides is 1. The lowest BCUT2D eigenvalue weighted by Gasteiger charge is -2.29. The van der Waals surface area contributed by atoms with Gasteiger partial charge in [-0.1, -0.05) is 36.4 Å². The van der Waals surface area contributed by atoms with Gasteiger partial charge in [-0.2, -0.15) is 11.3 Å². The summed E-state index contributed by atoms with van der Waals surface area (Å²) in [6, 6.07) is 17.4. The predicted molar refractivity (Wildman–Crippen MR) is 130 cm³/mol. The van der Waals surface area contributed by atoms with Gasteiger partial charge in [0, 0.05) is 12.3 Å². The van der Waals surface area contributed by atoms with Gasteiger partial charge in [-0.15, -0.1) is 0 Å². The number of carbonyl (C=O) groups excluding carboxylic acids is 1. The molecule has 3 heterocycles. The Morgan fingerprint density at radius 3 is 2.76 bits per heavy atom. The Morgan fingerprint density at radius 2 is 2.00 bits per heavy atom. The largest absolute Gasteiger partial charge is 0.459 e. The van der Waals surface area contributed by atoms with Crippen molar-refractivity contribution in [2.24, 2.45) is 0 Å². The quantitative estimate of drug-likeness (QED) is 0.352. The number of hydrogen-bond acceptors (Lipinski definition) is 6. The number of aliphatic hydroxyl groups is 1. The lowest BCUT2D eigenvalue weighted by atomic mass is 9.95. The first-order valence-corrected chi connectivity index (χ1v) is 12.0. The summed E-state index contributed by atoms with van der Waals surface area (Å²) in [7, 11) is 0. The lowest BCUT2D eigenvalue weighted by Crippen LogP contribution is -2.32. The molecule has 0 aliphatic carbocycles. The Labute approximate surface area is 201 Å². The molecular formula is C26H25N3O4S. The number of para-hydroxylation sites is 2. The maximum Gasteiger partial charge on any atom is 0.286 e. The van der Waals surface area contributed by atoms with Gasteiger partial charge in [0.25, 0.3) is 5.91 Å². The van der Waals surface area contributed by atoms with E-state index in [0.717, 1.165) is 27.7 Å². The van der Waals surface area contributed by atoms with Gasteiger partial charge in [0.1, 0.15) is 5.82 Å². The number of hydrogen-bond donors (Lipinski definition) is 3. The first-order valence-electron chi connectivity index (χ1n) is 11.1. The van der Waals surface area contributed by atoms with Crippen LogP contribution in [0.15, 0.2) is 77.2 Å². The summed E-state index contributed by atoms with van der Waals surface area (Å²) < 4.78 is 12.0. The number of aromatic amines is 1. The molecule has 1 aliphatic rings. The van der Waals surface area contributed by atoms with Crippen LogP contribution in [0.5, 0.6) is 0 Å². The molecule has 0 fully saturated rings. The zero-order valence-electron chi connectivity index (χ0n) is 18.4. The van der Waals surface area contributed by atoms with E-state index in [-0.39, 0.29) is 30.7 Å². The van der Waals surface area contributed by atoms with E-state index in [1.54, 1.807) is 11.3 Å². The van der Waals surface area contributed by atoms with Crippen molar-refractivity contribution in [1.29, 1.82) is 0 Å². The highest BCUT2D eigenvalue weighted by Crippen LogP contribution is 2.33. The summed E-state index contributed by atoms with van der Waals surface area (Å²) in [5, 5.41) is 16.2. The Kier molecular flexibility index (Phi) is 6.71. The van der Waals surface area contributed by atoms with Gasteiger partial charge >= 0.3 is 0 Å². The Balaban J connectivity index is 1.26. The third kappa shape index (κ3) is 5.20. The highest BCUT2D eigenvalue weighted by Gasteiger charge is 2.29. The number of rotatable bonds is 8.